The summed E-state index contributed by atoms with van der Waals surface area (Å²) in [5.74, 6) is 0. The van der Waals surface area contributed by atoms with Crippen molar-refractivity contribution in [1.82, 2.24) is 0 Å². The van der Waals surface area contributed by atoms with E-state index in [1.54, 1.807) is 12.1 Å². The Bertz CT molecular complexity index is 937. The topological polar surface area (TPSA) is 80.3 Å². The van der Waals surface area contributed by atoms with Gasteiger partial charge in [-0.3, -0.25) is 4.72 Å². The lowest BCUT2D eigenvalue weighted by Crippen LogP contribution is -2.13. The first kappa shape index (κ1) is 18.8. The van der Waals surface area contributed by atoms with E-state index in [0.29, 0.717) is 0 Å². The van der Waals surface area contributed by atoms with Crippen LogP contribution in [0.5, 0.6) is 0 Å². The molecule has 0 aromatic heterocycles. The summed E-state index contributed by atoms with van der Waals surface area (Å²) in [6, 6.07) is 8.15. The molecule has 1 N–H and O–H groups in total. The van der Waals surface area contributed by atoms with E-state index in [1.165, 1.54) is 12.1 Å². The minimum atomic E-state index is -4.16. The standard InChI is InChI=1S/C12H7BrCl3NO4S2/c13-7-1-3-9(4-2-7)23(20,21)17-8-5-10(14)12(11(15)6-8)22(16,18)19/h1-6,17H. The number of hydrogen-bond acceptors (Lipinski definition) is 4. The van der Waals surface area contributed by atoms with Gasteiger partial charge in [0.1, 0.15) is 4.90 Å². The third-order valence-corrected chi connectivity index (χ3v) is 6.75. The predicted molar refractivity (Wildman–Crippen MR) is 94.5 cm³/mol. The van der Waals surface area contributed by atoms with Crippen molar-refractivity contribution in [2.75, 3.05) is 4.72 Å². The van der Waals surface area contributed by atoms with Crippen LogP contribution < -0.4 is 4.72 Å². The van der Waals surface area contributed by atoms with Gasteiger partial charge in [-0.25, -0.2) is 16.8 Å². The Morgan fingerprint density at radius 3 is 1.83 bits per heavy atom. The van der Waals surface area contributed by atoms with Crippen molar-refractivity contribution in [3.8, 4) is 0 Å². The van der Waals surface area contributed by atoms with E-state index in [2.05, 4.69) is 20.7 Å². The number of rotatable bonds is 4. The molecule has 0 spiro atoms. The minimum absolute atomic E-state index is 0.00647. The first-order chi connectivity index (χ1) is 10.5. The summed E-state index contributed by atoms with van der Waals surface area (Å²) in [6.45, 7) is 0. The summed E-state index contributed by atoms with van der Waals surface area (Å²) in [4.78, 5) is -0.462. The lowest BCUT2D eigenvalue weighted by atomic mass is 10.3. The van der Waals surface area contributed by atoms with Gasteiger partial charge in [0, 0.05) is 15.2 Å². The fraction of sp³-hybridized carbons (Fsp3) is 0. The third-order valence-electron chi connectivity index (χ3n) is 2.62. The Morgan fingerprint density at radius 2 is 1.39 bits per heavy atom. The molecular weight excluding hydrogens is 473 g/mol. The number of hydrogen-bond donors (Lipinski definition) is 1. The van der Waals surface area contributed by atoms with E-state index in [9.17, 15) is 16.8 Å². The fourth-order valence-corrected chi connectivity index (χ4v) is 5.40. The van der Waals surface area contributed by atoms with E-state index in [1.807, 2.05) is 0 Å². The van der Waals surface area contributed by atoms with Crippen LogP contribution in [0.2, 0.25) is 10.0 Å². The summed E-state index contributed by atoms with van der Waals surface area (Å²) in [5.41, 5.74) is 0.00647. The van der Waals surface area contributed by atoms with Crippen LogP contribution in [0, 0.1) is 0 Å². The number of halogens is 4. The van der Waals surface area contributed by atoms with E-state index < -0.39 is 24.0 Å². The second-order valence-electron chi connectivity index (χ2n) is 4.27. The smallest absolute Gasteiger partial charge is 0.264 e. The summed E-state index contributed by atoms with van der Waals surface area (Å²) in [5, 5.41) is -0.581. The maximum Gasteiger partial charge on any atom is 0.264 e. The molecule has 0 bridgehead atoms. The predicted octanol–water partition coefficient (Wildman–Crippen LogP) is 4.48. The first-order valence-corrected chi connectivity index (χ1v) is 11.1. The lowest BCUT2D eigenvalue weighted by molar-refractivity contribution is 0.601. The van der Waals surface area contributed by atoms with E-state index >= 15 is 0 Å². The molecule has 0 aliphatic rings. The molecule has 0 aliphatic carbocycles. The van der Waals surface area contributed by atoms with Crippen molar-refractivity contribution < 1.29 is 16.8 Å². The van der Waals surface area contributed by atoms with Crippen molar-refractivity contribution in [3.05, 3.63) is 50.9 Å². The molecule has 2 rings (SSSR count). The highest BCUT2D eigenvalue weighted by atomic mass is 79.9. The van der Waals surface area contributed by atoms with E-state index in [4.69, 9.17) is 33.9 Å². The Morgan fingerprint density at radius 1 is 0.913 bits per heavy atom. The van der Waals surface area contributed by atoms with Crippen molar-refractivity contribution in [2.24, 2.45) is 0 Å². The number of nitrogens with one attached hydrogen (secondary N) is 1. The molecule has 0 fully saturated rings. The Labute approximate surface area is 156 Å². The van der Waals surface area contributed by atoms with Gasteiger partial charge < -0.3 is 0 Å². The van der Waals surface area contributed by atoms with Crippen LogP contribution >= 0.6 is 49.8 Å². The van der Waals surface area contributed by atoms with Crippen molar-refractivity contribution >= 4 is 74.6 Å². The molecular formula is C12H7BrCl3NO4S2. The van der Waals surface area contributed by atoms with Gasteiger partial charge in [-0.1, -0.05) is 39.1 Å². The highest BCUT2D eigenvalue weighted by Crippen LogP contribution is 2.35. The number of benzene rings is 2. The summed E-state index contributed by atoms with van der Waals surface area (Å²) in [6.07, 6.45) is 0. The van der Waals surface area contributed by atoms with Crippen LogP contribution in [0.15, 0.2) is 50.7 Å². The van der Waals surface area contributed by atoms with Gasteiger partial charge in [-0.05, 0) is 36.4 Å². The highest BCUT2D eigenvalue weighted by molar-refractivity contribution is 9.10. The largest absolute Gasteiger partial charge is 0.280 e. The summed E-state index contributed by atoms with van der Waals surface area (Å²) >= 11 is 14.9. The quantitative estimate of drug-likeness (QED) is 0.656. The maximum absolute atomic E-state index is 12.3. The monoisotopic (exact) mass is 477 g/mol. The van der Waals surface area contributed by atoms with Crippen LogP contribution in [0.4, 0.5) is 5.69 Å². The maximum atomic E-state index is 12.3. The van der Waals surface area contributed by atoms with Crippen molar-refractivity contribution in [2.45, 2.75) is 9.79 Å². The zero-order valence-corrected chi connectivity index (χ0v) is 16.4. The number of sulfonamides is 1. The molecule has 0 unspecified atom stereocenters. The van der Waals surface area contributed by atoms with Crippen LogP contribution in [-0.2, 0) is 19.1 Å². The van der Waals surface area contributed by atoms with Gasteiger partial charge in [0.25, 0.3) is 19.1 Å². The van der Waals surface area contributed by atoms with Gasteiger partial charge in [-0.2, -0.15) is 0 Å². The molecule has 2 aromatic carbocycles. The third kappa shape index (κ3) is 4.52. The van der Waals surface area contributed by atoms with Crippen LogP contribution in [0.25, 0.3) is 0 Å². The van der Waals surface area contributed by atoms with Crippen molar-refractivity contribution in [3.63, 3.8) is 0 Å². The Kier molecular flexibility index (Phi) is 5.55. The van der Waals surface area contributed by atoms with Crippen LogP contribution in [-0.4, -0.2) is 16.8 Å². The Balaban J connectivity index is 2.43. The molecule has 11 heteroatoms. The van der Waals surface area contributed by atoms with E-state index in [-0.39, 0.29) is 20.6 Å². The second-order valence-corrected chi connectivity index (χ2v) is 10.2. The normalized spacial score (nSPS) is 12.2. The van der Waals surface area contributed by atoms with Gasteiger partial charge in [0.2, 0.25) is 0 Å². The molecule has 0 radical (unpaired) electrons. The van der Waals surface area contributed by atoms with Crippen LogP contribution in [0.1, 0.15) is 0 Å². The molecule has 0 aliphatic heterocycles. The van der Waals surface area contributed by atoms with Gasteiger partial charge in [-0.15, -0.1) is 0 Å². The molecule has 5 nitrogen and oxygen atoms in total. The summed E-state index contributed by atoms with van der Waals surface area (Å²) in [7, 11) is -2.81. The summed E-state index contributed by atoms with van der Waals surface area (Å²) < 4.78 is 50.3. The minimum Gasteiger partial charge on any atom is -0.280 e. The first-order valence-electron chi connectivity index (χ1n) is 5.73. The lowest BCUT2D eigenvalue weighted by Gasteiger charge is -2.11. The molecule has 0 amide bonds. The molecule has 0 saturated carbocycles. The van der Waals surface area contributed by atoms with Crippen LogP contribution in [0.3, 0.4) is 0 Å². The number of anilines is 1. The fourth-order valence-electron chi connectivity index (χ4n) is 1.68. The zero-order valence-electron chi connectivity index (χ0n) is 10.9. The average Bonchev–Trinajstić information content (AvgIpc) is 2.35. The molecule has 0 saturated heterocycles. The SMILES string of the molecule is O=S(=O)(Cl)c1c(Cl)cc(NS(=O)(=O)c2ccc(Br)cc2)cc1Cl. The molecule has 0 heterocycles. The Hall–Kier alpha value is -0.510. The highest BCUT2D eigenvalue weighted by Gasteiger charge is 2.22. The molecule has 23 heavy (non-hydrogen) atoms. The molecule has 0 atom stereocenters. The second kappa shape index (κ2) is 6.78. The van der Waals surface area contributed by atoms with Gasteiger partial charge in [0.05, 0.1) is 20.6 Å². The van der Waals surface area contributed by atoms with E-state index in [0.717, 1.165) is 16.6 Å². The molecule has 2 aromatic rings. The van der Waals surface area contributed by atoms with Gasteiger partial charge >= 0.3 is 0 Å². The zero-order chi connectivity index (χ0) is 17.4. The van der Waals surface area contributed by atoms with Crippen molar-refractivity contribution in [1.29, 1.82) is 0 Å². The average molecular weight is 480 g/mol. The molecule has 124 valence electrons. The van der Waals surface area contributed by atoms with Gasteiger partial charge in [0.15, 0.2) is 0 Å².